The summed E-state index contributed by atoms with van der Waals surface area (Å²) in [5.74, 6) is 2.29. The van der Waals surface area contributed by atoms with Gasteiger partial charge in [0, 0.05) is 5.92 Å². The van der Waals surface area contributed by atoms with Gasteiger partial charge in [-0.05, 0) is 43.6 Å². The highest BCUT2D eigenvalue weighted by Crippen LogP contribution is 2.41. The highest BCUT2D eigenvalue weighted by atomic mass is 16.1. The van der Waals surface area contributed by atoms with E-state index in [1.165, 1.54) is 12.8 Å². The Morgan fingerprint density at radius 2 is 2.23 bits per heavy atom. The molecule has 0 bridgehead atoms. The Bertz CT molecular complexity index is 169. The molecule has 4 atom stereocenters. The molecular weight excluding hydrogens is 162 g/mol. The number of hydrogen-bond acceptors (Lipinski definition) is 2. The predicted octanol–water partition coefficient (Wildman–Crippen LogP) is 1.83. The second kappa shape index (κ2) is 4.75. The van der Waals surface area contributed by atoms with Crippen LogP contribution in [0.2, 0.25) is 0 Å². The van der Waals surface area contributed by atoms with Crippen LogP contribution in [0.25, 0.3) is 0 Å². The number of hydrogen-bond donors (Lipinski definition) is 1. The summed E-state index contributed by atoms with van der Waals surface area (Å²) >= 11 is 0. The molecule has 13 heavy (non-hydrogen) atoms. The Labute approximate surface area is 80.9 Å². The molecule has 2 heteroatoms. The van der Waals surface area contributed by atoms with Crippen LogP contribution in [-0.2, 0) is 4.79 Å². The van der Waals surface area contributed by atoms with E-state index in [0.29, 0.717) is 11.8 Å². The Balaban J connectivity index is 2.49. The van der Waals surface area contributed by atoms with Gasteiger partial charge in [-0.2, -0.15) is 0 Å². The maximum absolute atomic E-state index is 10.7. The zero-order chi connectivity index (χ0) is 9.84. The number of nitrogens with two attached hydrogens (primary N) is 1. The number of rotatable bonds is 4. The van der Waals surface area contributed by atoms with Crippen LogP contribution in [0.4, 0.5) is 0 Å². The van der Waals surface area contributed by atoms with Crippen molar-refractivity contribution >= 4 is 6.29 Å². The average Bonchev–Trinajstić information content (AvgIpc) is 2.48. The summed E-state index contributed by atoms with van der Waals surface area (Å²) in [4.78, 5) is 10.7. The minimum Gasteiger partial charge on any atom is -0.330 e. The molecule has 1 rings (SSSR count). The standard InChI is InChI=1S/C11H21NO/c1-8(7-13)11-4-3-10(5-6-12)9(11)2/h7-11H,3-6,12H2,1-2H3. The Kier molecular flexibility index (Phi) is 3.91. The molecule has 2 nitrogen and oxygen atoms in total. The molecule has 0 heterocycles. The molecule has 4 unspecified atom stereocenters. The van der Waals surface area contributed by atoms with E-state index in [1.54, 1.807) is 0 Å². The van der Waals surface area contributed by atoms with Crippen molar-refractivity contribution in [2.45, 2.75) is 33.1 Å². The van der Waals surface area contributed by atoms with Gasteiger partial charge in [0.25, 0.3) is 0 Å². The second-order valence-electron chi connectivity index (χ2n) is 4.43. The quantitative estimate of drug-likeness (QED) is 0.676. The van der Waals surface area contributed by atoms with E-state index < -0.39 is 0 Å². The topological polar surface area (TPSA) is 43.1 Å². The zero-order valence-electron chi connectivity index (χ0n) is 8.70. The Morgan fingerprint density at radius 3 is 2.77 bits per heavy atom. The predicted molar refractivity (Wildman–Crippen MR) is 54.3 cm³/mol. The van der Waals surface area contributed by atoms with Crippen molar-refractivity contribution in [3.8, 4) is 0 Å². The van der Waals surface area contributed by atoms with Crippen molar-refractivity contribution in [1.82, 2.24) is 0 Å². The first-order chi connectivity index (χ1) is 6.20. The highest BCUT2D eigenvalue weighted by molar-refractivity contribution is 5.53. The molecule has 0 spiro atoms. The molecule has 1 saturated carbocycles. The van der Waals surface area contributed by atoms with Gasteiger partial charge >= 0.3 is 0 Å². The lowest BCUT2D eigenvalue weighted by atomic mass is 9.83. The molecular formula is C11H21NO. The number of carbonyl (C=O) groups is 1. The van der Waals surface area contributed by atoms with Crippen LogP contribution >= 0.6 is 0 Å². The van der Waals surface area contributed by atoms with Crippen LogP contribution < -0.4 is 5.73 Å². The van der Waals surface area contributed by atoms with Gasteiger partial charge in [0.15, 0.2) is 0 Å². The van der Waals surface area contributed by atoms with Crippen LogP contribution in [0.3, 0.4) is 0 Å². The monoisotopic (exact) mass is 183 g/mol. The number of carbonyl (C=O) groups excluding carboxylic acids is 1. The van der Waals surface area contributed by atoms with Crippen LogP contribution in [-0.4, -0.2) is 12.8 Å². The molecule has 0 radical (unpaired) electrons. The molecule has 1 aliphatic carbocycles. The van der Waals surface area contributed by atoms with Gasteiger partial charge in [-0.15, -0.1) is 0 Å². The van der Waals surface area contributed by atoms with E-state index in [4.69, 9.17) is 5.73 Å². The molecule has 0 saturated heterocycles. The van der Waals surface area contributed by atoms with Gasteiger partial charge in [0.05, 0.1) is 0 Å². The minimum atomic E-state index is 0.234. The van der Waals surface area contributed by atoms with Crippen molar-refractivity contribution < 1.29 is 4.79 Å². The maximum atomic E-state index is 10.7. The van der Waals surface area contributed by atoms with Gasteiger partial charge in [0.1, 0.15) is 6.29 Å². The van der Waals surface area contributed by atoms with Gasteiger partial charge in [-0.25, -0.2) is 0 Å². The van der Waals surface area contributed by atoms with Crippen molar-refractivity contribution in [2.24, 2.45) is 29.4 Å². The molecule has 2 N–H and O–H groups in total. The molecule has 0 aromatic carbocycles. The lowest BCUT2D eigenvalue weighted by Gasteiger charge is -2.22. The molecule has 1 fully saturated rings. The summed E-state index contributed by atoms with van der Waals surface area (Å²) in [7, 11) is 0. The third-order valence-corrected chi connectivity index (χ3v) is 3.72. The summed E-state index contributed by atoms with van der Waals surface area (Å²) in [5.41, 5.74) is 5.56. The first-order valence-corrected chi connectivity index (χ1v) is 5.36. The van der Waals surface area contributed by atoms with E-state index >= 15 is 0 Å². The minimum absolute atomic E-state index is 0.234. The normalized spacial score (nSPS) is 36.1. The fraction of sp³-hybridized carbons (Fsp3) is 0.909. The fourth-order valence-electron chi connectivity index (χ4n) is 2.75. The third-order valence-electron chi connectivity index (χ3n) is 3.72. The zero-order valence-corrected chi connectivity index (χ0v) is 8.70. The first-order valence-electron chi connectivity index (χ1n) is 5.36. The maximum Gasteiger partial charge on any atom is 0.123 e. The molecule has 0 amide bonds. The van der Waals surface area contributed by atoms with Gasteiger partial charge < -0.3 is 10.5 Å². The van der Waals surface area contributed by atoms with Crippen LogP contribution in [0.1, 0.15) is 33.1 Å². The molecule has 0 aromatic heterocycles. The van der Waals surface area contributed by atoms with Crippen molar-refractivity contribution in [3.05, 3.63) is 0 Å². The molecule has 1 aliphatic rings. The largest absolute Gasteiger partial charge is 0.330 e. The van der Waals surface area contributed by atoms with Crippen LogP contribution in [0.5, 0.6) is 0 Å². The summed E-state index contributed by atoms with van der Waals surface area (Å²) in [6.45, 7) is 5.11. The van der Waals surface area contributed by atoms with E-state index in [2.05, 4.69) is 6.92 Å². The third kappa shape index (κ3) is 2.31. The Hall–Kier alpha value is -0.370. The van der Waals surface area contributed by atoms with E-state index in [-0.39, 0.29) is 5.92 Å². The fourth-order valence-corrected chi connectivity index (χ4v) is 2.75. The van der Waals surface area contributed by atoms with Crippen LogP contribution in [0.15, 0.2) is 0 Å². The molecule has 76 valence electrons. The lowest BCUT2D eigenvalue weighted by Crippen LogP contribution is -2.20. The van der Waals surface area contributed by atoms with E-state index in [9.17, 15) is 4.79 Å². The van der Waals surface area contributed by atoms with Gasteiger partial charge in [-0.3, -0.25) is 0 Å². The second-order valence-corrected chi connectivity index (χ2v) is 4.43. The Morgan fingerprint density at radius 1 is 1.54 bits per heavy atom. The summed E-state index contributed by atoms with van der Waals surface area (Å²) in [6.07, 6.45) is 4.71. The first kappa shape index (κ1) is 10.7. The van der Waals surface area contributed by atoms with Crippen LogP contribution in [0, 0.1) is 23.7 Å². The summed E-state index contributed by atoms with van der Waals surface area (Å²) in [5, 5.41) is 0. The SMILES string of the molecule is CC(C=O)C1CCC(CCN)C1C. The van der Waals surface area contributed by atoms with E-state index in [0.717, 1.165) is 25.2 Å². The summed E-state index contributed by atoms with van der Waals surface area (Å²) < 4.78 is 0. The molecule has 0 aliphatic heterocycles. The van der Waals surface area contributed by atoms with Gasteiger partial charge in [-0.1, -0.05) is 13.8 Å². The van der Waals surface area contributed by atoms with Crippen molar-refractivity contribution in [2.75, 3.05) is 6.54 Å². The molecule has 0 aromatic rings. The smallest absolute Gasteiger partial charge is 0.123 e. The lowest BCUT2D eigenvalue weighted by molar-refractivity contribution is -0.112. The van der Waals surface area contributed by atoms with E-state index in [1.807, 2.05) is 6.92 Å². The van der Waals surface area contributed by atoms with Crippen molar-refractivity contribution in [1.29, 1.82) is 0 Å². The summed E-state index contributed by atoms with van der Waals surface area (Å²) in [6, 6.07) is 0. The van der Waals surface area contributed by atoms with Crippen molar-refractivity contribution in [3.63, 3.8) is 0 Å². The van der Waals surface area contributed by atoms with Gasteiger partial charge in [0.2, 0.25) is 0 Å². The average molecular weight is 183 g/mol. The highest BCUT2D eigenvalue weighted by Gasteiger charge is 2.34. The number of aldehydes is 1.